The molecule has 1 aromatic carbocycles. The Labute approximate surface area is 140 Å². The van der Waals surface area contributed by atoms with Gasteiger partial charge in [0.2, 0.25) is 0 Å². The summed E-state index contributed by atoms with van der Waals surface area (Å²) in [6, 6.07) is 8.40. The third-order valence-electron chi connectivity index (χ3n) is 4.33. The monoisotopic (exact) mass is 331 g/mol. The zero-order valence-corrected chi connectivity index (χ0v) is 13.7. The topological polar surface area (TPSA) is 70.2 Å². The van der Waals surface area contributed by atoms with Crippen LogP contribution in [0.5, 0.6) is 0 Å². The minimum absolute atomic E-state index is 0.108. The van der Waals surface area contributed by atoms with E-state index in [4.69, 9.17) is 4.84 Å². The quantitative estimate of drug-likeness (QED) is 0.781. The molecule has 3 rings (SSSR count). The van der Waals surface area contributed by atoms with E-state index in [0.29, 0.717) is 18.2 Å². The van der Waals surface area contributed by atoms with Gasteiger partial charge in [0.1, 0.15) is 0 Å². The molecule has 2 saturated heterocycles. The number of amides is 3. The van der Waals surface area contributed by atoms with Gasteiger partial charge in [-0.05, 0) is 12.5 Å². The lowest BCUT2D eigenvalue weighted by Gasteiger charge is -2.34. The second-order valence-electron chi connectivity index (χ2n) is 6.19. The number of piperazine rings is 1. The van der Waals surface area contributed by atoms with Crippen molar-refractivity contribution in [3.8, 4) is 0 Å². The number of nitrogens with zero attached hydrogens (tertiary/aromatic N) is 3. The summed E-state index contributed by atoms with van der Waals surface area (Å²) in [4.78, 5) is 43.8. The maximum Gasteiger partial charge on any atom is 0.434 e. The van der Waals surface area contributed by atoms with Crippen LogP contribution in [0.1, 0.15) is 24.0 Å². The van der Waals surface area contributed by atoms with E-state index in [-0.39, 0.29) is 12.8 Å². The molecular formula is C17H21N3O4. The van der Waals surface area contributed by atoms with Gasteiger partial charge in [0.05, 0.1) is 0 Å². The van der Waals surface area contributed by atoms with E-state index < -0.39 is 17.9 Å². The van der Waals surface area contributed by atoms with Crippen LogP contribution in [0.4, 0.5) is 4.79 Å². The molecule has 24 heavy (non-hydrogen) atoms. The molecule has 2 heterocycles. The Morgan fingerprint density at radius 1 is 1.00 bits per heavy atom. The third kappa shape index (κ3) is 3.73. The van der Waals surface area contributed by atoms with Gasteiger partial charge in [-0.3, -0.25) is 14.5 Å². The largest absolute Gasteiger partial charge is 0.434 e. The average Bonchev–Trinajstić information content (AvgIpc) is 2.89. The molecule has 0 aliphatic carbocycles. The van der Waals surface area contributed by atoms with Crippen molar-refractivity contribution in [2.24, 2.45) is 0 Å². The van der Waals surface area contributed by atoms with Crippen molar-refractivity contribution in [1.82, 2.24) is 14.9 Å². The van der Waals surface area contributed by atoms with Crippen molar-refractivity contribution in [1.29, 1.82) is 0 Å². The number of hydrogen-bond donors (Lipinski definition) is 0. The number of hydroxylamine groups is 2. The minimum atomic E-state index is -0.631. The average molecular weight is 331 g/mol. The number of aryl methyl sites for hydroxylation is 1. The summed E-state index contributed by atoms with van der Waals surface area (Å²) in [5.41, 5.74) is 2.47. The summed E-state index contributed by atoms with van der Waals surface area (Å²) in [5, 5.41) is 0.598. The van der Waals surface area contributed by atoms with Crippen molar-refractivity contribution in [2.75, 3.05) is 26.2 Å². The number of carbonyl (C=O) groups is 3. The number of carbonyl (C=O) groups excluding carboxylic acids is 3. The highest BCUT2D eigenvalue weighted by molar-refractivity contribution is 6.01. The molecule has 7 heteroatoms. The van der Waals surface area contributed by atoms with Crippen molar-refractivity contribution in [2.45, 2.75) is 26.3 Å². The van der Waals surface area contributed by atoms with Crippen LogP contribution >= 0.6 is 0 Å². The second-order valence-corrected chi connectivity index (χ2v) is 6.19. The molecule has 0 radical (unpaired) electrons. The van der Waals surface area contributed by atoms with Gasteiger partial charge in [0.15, 0.2) is 0 Å². The molecule has 0 aromatic heterocycles. The van der Waals surface area contributed by atoms with Crippen molar-refractivity contribution >= 4 is 17.9 Å². The van der Waals surface area contributed by atoms with Gasteiger partial charge in [-0.2, -0.15) is 0 Å². The zero-order valence-electron chi connectivity index (χ0n) is 13.7. The highest BCUT2D eigenvalue weighted by Crippen LogP contribution is 2.15. The van der Waals surface area contributed by atoms with Crippen LogP contribution in [0, 0.1) is 6.92 Å². The lowest BCUT2D eigenvalue weighted by atomic mass is 10.1. The molecular weight excluding hydrogens is 310 g/mol. The van der Waals surface area contributed by atoms with Gasteiger partial charge in [-0.25, -0.2) is 4.79 Å². The Hall–Kier alpha value is -2.41. The van der Waals surface area contributed by atoms with E-state index >= 15 is 0 Å². The van der Waals surface area contributed by atoms with E-state index in [1.165, 1.54) is 16.0 Å². The predicted octanol–water partition coefficient (Wildman–Crippen LogP) is 1.31. The van der Waals surface area contributed by atoms with Gasteiger partial charge < -0.3 is 9.74 Å². The fraction of sp³-hybridized carbons (Fsp3) is 0.471. The summed E-state index contributed by atoms with van der Waals surface area (Å²) < 4.78 is 0. The Kier molecular flexibility index (Phi) is 4.80. The second kappa shape index (κ2) is 7.00. The molecule has 0 bridgehead atoms. The molecule has 3 amide bonds. The molecule has 1 aromatic rings. The molecule has 2 aliphatic rings. The number of benzene rings is 1. The summed E-state index contributed by atoms with van der Waals surface area (Å²) in [6.07, 6.45) is -0.416. The molecule has 0 atom stereocenters. The van der Waals surface area contributed by atoms with E-state index in [2.05, 4.69) is 36.1 Å². The Morgan fingerprint density at radius 3 is 2.17 bits per heavy atom. The van der Waals surface area contributed by atoms with Crippen LogP contribution in [0.3, 0.4) is 0 Å². The van der Waals surface area contributed by atoms with Gasteiger partial charge in [-0.15, -0.1) is 5.06 Å². The van der Waals surface area contributed by atoms with E-state index in [1.807, 2.05) is 0 Å². The van der Waals surface area contributed by atoms with Crippen LogP contribution in [0.25, 0.3) is 0 Å². The first-order valence-corrected chi connectivity index (χ1v) is 8.13. The maximum atomic E-state index is 12.1. The van der Waals surface area contributed by atoms with Crippen molar-refractivity contribution < 1.29 is 19.2 Å². The number of rotatable bonds is 3. The van der Waals surface area contributed by atoms with Crippen molar-refractivity contribution in [3.05, 3.63) is 35.4 Å². The van der Waals surface area contributed by atoms with Crippen LogP contribution in [0.2, 0.25) is 0 Å². The Balaban J connectivity index is 1.47. The first kappa shape index (κ1) is 16.4. The van der Waals surface area contributed by atoms with Gasteiger partial charge >= 0.3 is 6.09 Å². The first-order valence-electron chi connectivity index (χ1n) is 8.13. The number of hydrogen-bond acceptors (Lipinski definition) is 5. The fourth-order valence-electron chi connectivity index (χ4n) is 2.83. The third-order valence-corrected chi connectivity index (χ3v) is 4.33. The maximum absolute atomic E-state index is 12.1. The first-order chi connectivity index (χ1) is 11.5. The zero-order chi connectivity index (χ0) is 17.1. The molecule has 0 unspecified atom stereocenters. The van der Waals surface area contributed by atoms with E-state index in [1.54, 1.807) is 0 Å². The summed E-state index contributed by atoms with van der Waals surface area (Å²) >= 11 is 0. The molecule has 0 N–H and O–H groups in total. The lowest BCUT2D eigenvalue weighted by molar-refractivity contribution is -0.174. The van der Waals surface area contributed by atoms with Crippen LogP contribution < -0.4 is 0 Å². The minimum Gasteiger partial charge on any atom is -0.311 e. The van der Waals surface area contributed by atoms with Gasteiger partial charge in [0, 0.05) is 45.6 Å². The number of imide groups is 1. The SMILES string of the molecule is Cc1ccc(CN2CCN(C(=O)ON3C(=O)CCC3=O)CC2)cc1. The van der Waals surface area contributed by atoms with Crippen molar-refractivity contribution in [3.63, 3.8) is 0 Å². The van der Waals surface area contributed by atoms with Crippen LogP contribution in [-0.2, 0) is 21.0 Å². The van der Waals surface area contributed by atoms with Gasteiger partial charge in [-0.1, -0.05) is 29.8 Å². The lowest BCUT2D eigenvalue weighted by Crippen LogP contribution is -2.50. The summed E-state index contributed by atoms with van der Waals surface area (Å²) in [6.45, 7) is 5.38. The standard InChI is InChI=1S/C17H21N3O4/c1-13-2-4-14(5-3-13)12-18-8-10-19(11-9-18)17(23)24-20-15(21)6-7-16(20)22/h2-5H,6-12H2,1H3. The smallest absolute Gasteiger partial charge is 0.311 e. The summed E-state index contributed by atoms with van der Waals surface area (Å²) in [7, 11) is 0. The van der Waals surface area contributed by atoms with E-state index in [9.17, 15) is 14.4 Å². The highest BCUT2D eigenvalue weighted by atomic mass is 16.7. The molecule has 2 aliphatic heterocycles. The summed E-state index contributed by atoms with van der Waals surface area (Å²) in [5.74, 6) is -0.905. The normalized spacial score (nSPS) is 19.0. The predicted molar refractivity (Wildman–Crippen MR) is 85.6 cm³/mol. The fourth-order valence-corrected chi connectivity index (χ4v) is 2.83. The van der Waals surface area contributed by atoms with Gasteiger partial charge in [0.25, 0.3) is 11.8 Å². The molecule has 7 nitrogen and oxygen atoms in total. The highest BCUT2D eigenvalue weighted by Gasteiger charge is 2.34. The molecule has 0 spiro atoms. The van der Waals surface area contributed by atoms with Crippen LogP contribution in [0.15, 0.2) is 24.3 Å². The Morgan fingerprint density at radius 2 is 1.58 bits per heavy atom. The van der Waals surface area contributed by atoms with E-state index in [0.717, 1.165) is 19.6 Å². The molecule has 2 fully saturated rings. The molecule has 0 saturated carbocycles. The Bertz CT molecular complexity index is 620. The molecule has 128 valence electrons. The van der Waals surface area contributed by atoms with Crippen LogP contribution in [-0.4, -0.2) is 58.9 Å².